The van der Waals surface area contributed by atoms with Gasteiger partial charge in [-0.3, -0.25) is 0 Å². The molecule has 0 spiro atoms. The van der Waals surface area contributed by atoms with Crippen molar-refractivity contribution in [1.29, 1.82) is 0 Å². The first-order chi connectivity index (χ1) is 4.91. The maximum atomic E-state index is 8.39. The number of hydrogen-bond donors (Lipinski definition) is 1. The van der Waals surface area contributed by atoms with Crippen molar-refractivity contribution in [3.63, 3.8) is 0 Å². The summed E-state index contributed by atoms with van der Waals surface area (Å²) in [6, 6.07) is 0. The molecular formula is C8H16O2. The average Bonchev–Trinajstić information content (AvgIpc) is 1.97. The molecule has 0 heterocycles. The molecule has 0 radical (unpaired) electrons. The molecule has 60 valence electrons. The first kappa shape index (κ1) is 9.50. The Bertz CT molecular complexity index is 69.3. The van der Waals surface area contributed by atoms with E-state index in [2.05, 4.69) is 6.92 Å². The minimum atomic E-state index is 0.262. The number of aliphatic hydroxyl groups excluding tert-OH is 1. The summed E-state index contributed by atoms with van der Waals surface area (Å²) in [5, 5.41) is 8.39. The highest BCUT2D eigenvalue weighted by molar-refractivity contribution is 4.72. The maximum absolute atomic E-state index is 8.39. The fourth-order valence-electron chi connectivity index (χ4n) is 0.531. The molecule has 0 amide bonds. The van der Waals surface area contributed by atoms with Gasteiger partial charge in [0.15, 0.2) is 0 Å². The van der Waals surface area contributed by atoms with Gasteiger partial charge in [-0.2, -0.15) is 0 Å². The van der Waals surface area contributed by atoms with Gasteiger partial charge in [0.25, 0.3) is 0 Å². The molecule has 0 saturated carbocycles. The number of unbranched alkanes of at least 4 members (excludes halogenated alkanes) is 1. The van der Waals surface area contributed by atoms with Crippen molar-refractivity contribution in [2.75, 3.05) is 13.2 Å². The zero-order chi connectivity index (χ0) is 7.66. The largest absolute Gasteiger partial charge is 0.502 e. The summed E-state index contributed by atoms with van der Waals surface area (Å²) in [7, 11) is 0. The van der Waals surface area contributed by atoms with E-state index in [1.807, 2.05) is 6.08 Å². The molecule has 2 nitrogen and oxygen atoms in total. The van der Waals surface area contributed by atoms with Crippen LogP contribution in [0.5, 0.6) is 0 Å². The van der Waals surface area contributed by atoms with E-state index in [1.54, 1.807) is 6.26 Å². The Morgan fingerprint density at radius 3 is 2.90 bits per heavy atom. The molecule has 10 heavy (non-hydrogen) atoms. The van der Waals surface area contributed by atoms with Crippen LogP contribution in [0.15, 0.2) is 12.3 Å². The number of allylic oxidation sites excluding steroid dienone is 1. The summed E-state index contributed by atoms with van der Waals surface area (Å²) < 4.78 is 5.07. The van der Waals surface area contributed by atoms with Crippen molar-refractivity contribution in [3.8, 4) is 0 Å². The van der Waals surface area contributed by atoms with Crippen molar-refractivity contribution in [3.05, 3.63) is 12.3 Å². The maximum Gasteiger partial charge on any atom is 0.0870 e. The van der Waals surface area contributed by atoms with Crippen molar-refractivity contribution in [2.45, 2.75) is 26.2 Å². The third-order valence-corrected chi connectivity index (χ3v) is 1.04. The Morgan fingerprint density at radius 2 is 2.30 bits per heavy atom. The van der Waals surface area contributed by atoms with Gasteiger partial charge in [-0.15, -0.1) is 0 Å². The second kappa shape index (κ2) is 8.50. The number of hydrogen-bond acceptors (Lipinski definition) is 2. The monoisotopic (exact) mass is 144 g/mol. The third kappa shape index (κ3) is 7.50. The smallest absolute Gasteiger partial charge is 0.0870 e. The van der Waals surface area contributed by atoms with Gasteiger partial charge in [-0.1, -0.05) is 6.92 Å². The lowest BCUT2D eigenvalue weighted by molar-refractivity contribution is 0.247. The second-order valence-corrected chi connectivity index (χ2v) is 2.11. The summed E-state index contributed by atoms with van der Waals surface area (Å²) in [6.45, 7) is 3.12. The summed E-state index contributed by atoms with van der Waals surface area (Å²) in [4.78, 5) is 0. The fourth-order valence-corrected chi connectivity index (χ4v) is 0.531. The zero-order valence-corrected chi connectivity index (χ0v) is 6.55. The predicted molar refractivity (Wildman–Crippen MR) is 41.7 cm³/mol. The van der Waals surface area contributed by atoms with Gasteiger partial charge in [0.05, 0.1) is 12.9 Å². The molecule has 0 aromatic carbocycles. The Hall–Kier alpha value is -0.500. The van der Waals surface area contributed by atoms with Gasteiger partial charge in [-0.25, -0.2) is 0 Å². The minimum Gasteiger partial charge on any atom is -0.502 e. The fraction of sp³-hybridized carbons (Fsp3) is 0.750. The molecule has 0 aliphatic carbocycles. The van der Waals surface area contributed by atoms with Gasteiger partial charge < -0.3 is 9.84 Å². The summed E-state index contributed by atoms with van der Waals surface area (Å²) in [5.41, 5.74) is 0. The molecule has 0 saturated heterocycles. The van der Waals surface area contributed by atoms with E-state index in [0.29, 0.717) is 0 Å². The van der Waals surface area contributed by atoms with Crippen LogP contribution in [-0.2, 0) is 4.74 Å². The Labute approximate surface area is 62.5 Å². The van der Waals surface area contributed by atoms with E-state index in [1.165, 1.54) is 0 Å². The molecule has 0 aromatic heterocycles. The van der Waals surface area contributed by atoms with Crippen LogP contribution >= 0.6 is 0 Å². The SMILES string of the molecule is CCCOC=CCCCO. The normalized spacial score (nSPS) is 10.6. The summed E-state index contributed by atoms with van der Waals surface area (Å²) in [6.07, 6.45) is 6.42. The molecule has 0 rings (SSSR count). The van der Waals surface area contributed by atoms with Crippen molar-refractivity contribution >= 4 is 0 Å². The Balaban J connectivity index is 2.89. The average molecular weight is 144 g/mol. The van der Waals surface area contributed by atoms with E-state index in [4.69, 9.17) is 9.84 Å². The Kier molecular flexibility index (Phi) is 8.07. The minimum absolute atomic E-state index is 0.262. The van der Waals surface area contributed by atoms with Crippen LogP contribution in [0.4, 0.5) is 0 Å². The first-order valence-corrected chi connectivity index (χ1v) is 3.79. The molecule has 0 aliphatic rings. The molecule has 0 atom stereocenters. The zero-order valence-electron chi connectivity index (χ0n) is 6.55. The van der Waals surface area contributed by atoms with Crippen LogP contribution < -0.4 is 0 Å². The van der Waals surface area contributed by atoms with Crippen LogP contribution in [-0.4, -0.2) is 18.3 Å². The molecule has 0 aliphatic heterocycles. The van der Waals surface area contributed by atoms with Crippen LogP contribution in [0.3, 0.4) is 0 Å². The molecule has 0 bridgehead atoms. The molecule has 1 N–H and O–H groups in total. The summed E-state index contributed by atoms with van der Waals surface area (Å²) >= 11 is 0. The number of ether oxygens (including phenoxy) is 1. The van der Waals surface area contributed by atoms with E-state index >= 15 is 0 Å². The lowest BCUT2D eigenvalue weighted by Gasteiger charge is -1.94. The molecule has 0 aromatic rings. The van der Waals surface area contributed by atoms with Gasteiger partial charge in [0.1, 0.15) is 0 Å². The van der Waals surface area contributed by atoms with Crippen LogP contribution in [0, 0.1) is 0 Å². The van der Waals surface area contributed by atoms with E-state index < -0.39 is 0 Å². The third-order valence-electron chi connectivity index (χ3n) is 1.04. The van der Waals surface area contributed by atoms with Crippen LogP contribution in [0.25, 0.3) is 0 Å². The highest BCUT2D eigenvalue weighted by Gasteiger charge is 1.78. The highest BCUT2D eigenvalue weighted by atomic mass is 16.5. The topological polar surface area (TPSA) is 29.5 Å². The summed E-state index contributed by atoms with van der Waals surface area (Å²) in [5.74, 6) is 0. The highest BCUT2D eigenvalue weighted by Crippen LogP contribution is 1.90. The van der Waals surface area contributed by atoms with Gasteiger partial charge >= 0.3 is 0 Å². The molecule has 0 unspecified atom stereocenters. The van der Waals surface area contributed by atoms with E-state index in [-0.39, 0.29) is 6.61 Å². The molecule has 2 heteroatoms. The van der Waals surface area contributed by atoms with Crippen LogP contribution in [0.1, 0.15) is 26.2 Å². The standard InChI is InChI=1S/C8H16O2/c1-2-7-10-8-5-3-4-6-9/h5,8-9H,2-4,6-7H2,1H3. The number of rotatable bonds is 6. The van der Waals surface area contributed by atoms with Crippen molar-refractivity contribution < 1.29 is 9.84 Å². The van der Waals surface area contributed by atoms with Gasteiger partial charge in [0, 0.05) is 6.61 Å². The lowest BCUT2D eigenvalue weighted by atomic mass is 10.3. The van der Waals surface area contributed by atoms with E-state index in [9.17, 15) is 0 Å². The quantitative estimate of drug-likeness (QED) is 0.454. The Morgan fingerprint density at radius 1 is 1.50 bits per heavy atom. The van der Waals surface area contributed by atoms with Crippen LogP contribution in [0.2, 0.25) is 0 Å². The van der Waals surface area contributed by atoms with Crippen molar-refractivity contribution in [1.82, 2.24) is 0 Å². The first-order valence-electron chi connectivity index (χ1n) is 3.79. The van der Waals surface area contributed by atoms with Crippen molar-refractivity contribution in [2.24, 2.45) is 0 Å². The second-order valence-electron chi connectivity index (χ2n) is 2.11. The lowest BCUT2D eigenvalue weighted by Crippen LogP contribution is -1.83. The van der Waals surface area contributed by atoms with E-state index in [0.717, 1.165) is 25.9 Å². The van der Waals surface area contributed by atoms with Gasteiger partial charge in [0.2, 0.25) is 0 Å². The molecule has 0 fully saturated rings. The number of aliphatic hydroxyl groups is 1. The molecular weight excluding hydrogens is 128 g/mol. The predicted octanol–water partition coefficient (Wildman–Crippen LogP) is 1.70. The van der Waals surface area contributed by atoms with Gasteiger partial charge in [-0.05, 0) is 25.3 Å².